The van der Waals surface area contributed by atoms with Crippen LogP contribution in [0.1, 0.15) is 36.5 Å². The van der Waals surface area contributed by atoms with Crippen molar-refractivity contribution in [2.45, 2.75) is 32.8 Å². The number of ether oxygens (including phenoxy) is 2. The zero-order valence-corrected chi connectivity index (χ0v) is 21.5. The number of carbonyl (C=O) groups is 1. The van der Waals surface area contributed by atoms with Gasteiger partial charge in [-0.2, -0.15) is 0 Å². The Morgan fingerprint density at radius 1 is 1.19 bits per heavy atom. The van der Waals surface area contributed by atoms with E-state index in [0.29, 0.717) is 17.0 Å². The van der Waals surface area contributed by atoms with Crippen molar-refractivity contribution in [1.82, 2.24) is 5.32 Å². The highest BCUT2D eigenvalue weighted by Gasteiger charge is 2.26. The Morgan fingerprint density at radius 2 is 1.89 bits per heavy atom. The number of piperidine rings is 1. The van der Waals surface area contributed by atoms with E-state index >= 15 is 0 Å². The van der Waals surface area contributed by atoms with Crippen LogP contribution in [0, 0.1) is 12.3 Å². The Labute approximate surface area is 212 Å². The van der Waals surface area contributed by atoms with Gasteiger partial charge in [0.2, 0.25) is 10.0 Å². The Balaban J connectivity index is 1.82. The summed E-state index contributed by atoms with van der Waals surface area (Å²) in [7, 11) is -4.02. The molecule has 2 aromatic rings. The van der Waals surface area contributed by atoms with E-state index in [1.807, 2.05) is 19.1 Å². The fourth-order valence-electron chi connectivity index (χ4n) is 3.95. The van der Waals surface area contributed by atoms with Crippen LogP contribution in [-0.2, 0) is 19.6 Å². The average molecular weight is 515 g/mol. The number of hydrogen-bond donors (Lipinski definition) is 3. The number of benzene rings is 2. The molecule has 1 aliphatic rings. The molecule has 1 saturated heterocycles. The summed E-state index contributed by atoms with van der Waals surface area (Å²) in [5.41, 5.74) is 8.33. The monoisotopic (exact) mass is 514 g/mol. The molecule has 0 atom stereocenters. The highest BCUT2D eigenvalue weighted by Crippen LogP contribution is 2.24. The number of nitrogens with zero attached hydrogens (tertiary/aromatic N) is 1. The molecule has 0 spiro atoms. The molecule has 36 heavy (non-hydrogen) atoms. The lowest BCUT2D eigenvalue weighted by atomic mass is 10.1. The standard InChI is InChI=1S/C26H34N4O5S/c1-3-34-25(31)18-36(32,33)30(14-4-5-20-15-19(2)16-21(17-20)26(27)28)22-6-8-23(9-7-22)35-24-10-12-29-13-11-24/h4-9,15-17,24,29H,3,10-14,18H2,1-2H3,(H3,27,28). The summed E-state index contributed by atoms with van der Waals surface area (Å²) in [6, 6.07) is 12.3. The van der Waals surface area contributed by atoms with Gasteiger partial charge in [-0.1, -0.05) is 18.2 Å². The summed E-state index contributed by atoms with van der Waals surface area (Å²) in [6.45, 7) is 5.44. The van der Waals surface area contributed by atoms with Crippen molar-refractivity contribution in [1.29, 1.82) is 5.41 Å². The summed E-state index contributed by atoms with van der Waals surface area (Å²) in [4.78, 5) is 12.0. The summed E-state index contributed by atoms with van der Waals surface area (Å²) in [6.07, 6.45) is 5.41. The van der Waals surface area contributed by atoms with Gasteiger partial charge in [-0.05, 0) is 87.3 Å². The van der Waals surface area contributed by atoms with Crippen LogP contribution < -0.4 is 20.1 Å². The van der Waals surface area contributed by atoms with Gasteiger partial charge in [-0.15, -0.1) is 0 Å². The zero-order valence-electron chi connectivity index (χ0n) is 20.7. The first-order chi connectivity index (χ1) is 17.2. The largest absolute Gasteiger partial charge is 0.490 e. The molecular formula is C26H34N4O5S. The molecule has 0 bridgehead atoms. The lowest BCUT2D eigenvalue weighted by molar-refractivity contribution is -0.139. The summed E-state index contributed by atoms with van der Waals surface area (Å²) < 4.78 is 38.4. The molecule has 1 aliphatic heterocycles. The lowest BCUT2D eigenvalue weighted by Gasteiger charge is -2.25. The molecule has 0 aromatic heterocycles. The van der Waals surface area contributed by atoms with E-state index in [-0.39, 0.29) is 25.1 Å². The van der Waals surface area contributed by atoms with Gasteiger partial charge in [0.05, 0.1) is 18.8 Å². The Kier molecular flexibility index (Phi) is 9.49. The predicted octanol–water partition coefficient (Wildman–Crippen LogP) is 2.82. The predicted molar refractivity (Wildman–Crippen MR) is 142 cm³/mol. The van der Waals surface area contributed by atoms with Crippen LogP contribution in [0.5, 0.6) is 5.75 Å². The molecule has 9 nitrogen and oxygen atoms in total. The fourth-order valence-corrected chi connectivity index (χ4v) is 5.25. The molecule has 2 aromatic carbocycles. The third-order valence-electron chi connectivity index (χ3n) is 5.65. The van der Waals surface area contributed by atoms with Crippen molar-refractivity contribution in [2.75, 3.05) is 36.3 Å². The summed E-state index contributed by atoms with van der Waals surface area (Å²) in [5, 5.41) is 11.0. The molecule has 10 heteroatoms. The first-order valence-electron chi connectivity index (χ1n) is 11.9. The maximum absolute atomic E-state index is 13.2. The van der Waals surface area contributed by atoms with Gasteiger partial charge in [0, 0.05) is 5.56 Å². The third kappa shape index (κ3) is 7.82. The van der Waals surface area contributed by atoms with Crippen molar-refractivity contribution >= 4 is 33.6 Å². The second kappa shape index (κ2) is 12.5. The molecule has 0 radical (unpaired) electrons. The van der Waals surface area contributed by atoms with Crippen LogP contribution in [0.25, 0.3) is 6.08 Å². The Hall–Kier alpha value is -3.37. The minimum absolute atomic E-state index is 0.000413. The average Bonchev–Trinajstić information content (AvgIpc) is 2.82. The zero-order chi connectivity index (χ0) is 26.1. The van der Waals surface area contributed by atoms with Crippen LogP contribution in [0.2, 0.25) is 0 Å². The maximum Gasteiger partial charge on any atom is 0.323 e. The minimum atomic E-state index is -4.02. The van der Waals surface area contributed by atoms with E-state index in [9.17, 15) is 13.2 Å². The third-order valence-corrected chi connectivity index (χ3v) is 7.28. The number of nitrogens with two attached hydrogens (primary N) is 1. The lowest BCUT2D eigenvalue weighted by Crippen LogP contribution is -2.36. The number of hydrogen-bond acceptors (Lipinski definition) is 7. The molecule has 1 heterocycles. The second-order valence-corrected chi connectivity index (χ2v) is 10.5. The van der Waals surface area contributed by atoms with E-state index in [2.05, 4.69) is 5.32 Å². The SMILES string of the molecule is CCOC(=O)CS(=O)(=O)N(CC=Cc1cc(C)cc(C(=N)N)c1)c1ccc(OC2CCNCC2)cc1. The van der Waals surface area contributed by atoms with Gasteiger partial charge in [0.15, 0.2) is 5.75 Å². The van der Waals surface area contributed by atoms with E-state index < -0.39 is 21.7 Å². The molecule has 4 N–H and O–H groups in total. The van der Waals surface area contributed by atoms with Crippen molar-refractivity contribution in [3.63, 3.8) is 0 Å². The number of amidine groups is 1. The molecule has 3 rings (SSSR count). The maximum atomic E-state index is 13.2. The molecule has 0 saturated carbocycles. The van der Waals surface area contributed by atoms with E-state index in [1.165, 1.54) is 4.31 Å². The van der Waals surface area contributed by atoms with Crippen LogP contribution in [0.3, 0.4) is 0 Å². The molecular weight excluding hydrogens is 480 g/mol. The second-order valence-electron chi connectivity index (χ2n) is 8.60. The van der Waals surface area contributed by atoms with Crippen molar-refractivity contribution in [3.8, 4) is 5.75 Å². The van der Waals surface area contributed by atoms with E-state index in [1.54, 1.807) is 49.4 Å². The molecule has 0 aliphatic carbocycles. The normalized spacial score (nSPS) is 14.5. The van der Waals surface area contributed by atoms with Crippen LogP contribution in [-0.4, -0.2) is 58.3 Å². The number of nitrogens with one attached hydrogen (secondary N) is 2. The number of carbonyl (C=O) groups excluding carboxylic acids is 1. The minimum Gasteiger partial charge on any atom is -0.490 e. The van der Waals surface area contributed by atoms with Gasteiger partial charge in [-0.3, -0.25) is 14.5 Å². The van der Waals surface area contributed by atoms with Crippen LogP contribution in [0.4, 0.5) is 5.69 Å². The van der Waals surface area contributed by atoms with E-state index in [4.69, 9.17) is 20.6 Å². The van der Waals surface area contributed by atoms with Gasteiger partial charge >= 0.3 is 5.97 Å². The number of esters is 1. The number of sulfonamides is 1. The van der Waals surface area contributed by atoms with Crippen molar-refractivity contribution in [2.24, 2.45) is 5.73 Å². The van der Waals surface area contributed by atoms with Crippen molar-refractivity contribution < 1.29 is 22.7 Å². The van der Waals surface area contributed by atoms with Gasteiger partial charge < -0.3 is 20.5 Å². The Bertz CT molecular complexity index is 1190. The smallest absolute Gasteiger partial charge is 0.323 e. The van der Waals surface area contributed by atoms with Crippen molar-refractivity contribution in [3.05, 3.63) is 65.2 Å². The fraction of sp³-hybridized carbons (Fsp3) is 0.385. The first-order valence-corrected chi connectivity index (χ1v) is 13.5. The number of rotatable bonds is 11. The first kappa shape index (κ1) is 27.2. The van der Waals surface area contributed by atoms with Gasteiger partial charge in [0.25, 0.3) is 0 Å². The quantitative estimate of drug-likeness (QED) is 0.238. The highest BCUT2D eigenvalue weighted by molar-refractivity contribution is 7.93. The van der Waals surface area contributed by atoms with E-state index in [0.717, 1.165) is 37.1 Å². The molecule has 1 fully saturated rings. The summed E-state index contributed by atoms with van der Waals surface area (Å²) in [5.74, 6) is -0.942. The number of anilines is 1. The van der Waals surface area contributed by atoms with Crippen LogP contribution in [0.15, 0.2) is 48.5 Å². The van der Waals surface area contributed by atoms with Crippen LogP contribution >= 0.6 is 0 Å². The van der Waals surface area contributed by atoms with Gasteiger partial charge in [-0.25, -0.2) is 8.42 Å². The number of aryl methyl sites for hydroxylation is 1. The summed E-state index contributed by atoms with van der Waals surface area (Å²) >= 11 is 0. The highest BCUT2D eigenvalue weighted by atomic mass is 32.2. The molecule has 0 unspecified atom stereocenters. The Morgan fingerprint density at radius 3 is 2.53 bits per heavy atom. The molecule has 0 amide bonds. The topological polar surface area (TPSA) is 135 Å². The van der Waals surface area contributed by atoms with Gasteiger partial charge in [0.1, 0.15) is 17.7 Å². The molecule has 194 valence electrons. The number of nitrogen functional groups attached to an aromatic ring is 1.